The number of benzene rings is 1. The van der Waals surface area contributed by atoms with Gasteiger partial charge in [-0.15, -0.1) is 12.4 Å². The van der Waals surface area contributed by atoms with Crippen molar-refractivity contribution in [3.05, 3.63) is 35.4 Å². The van der Waals surface area contributed by atoms with Crippen LogP contribution in [0.3, 0.4) is 0 Å². The molecule has 1 aromatic carbocycles. The molecule has 1 amide bonds. The number of rotatable bonds is 5. The van der Waals surface area contributed by atoms with Gasteiger partial charge in [0.05, 0.1) is 12.7 Å². The lowest BCUT2D eigenvalue weighted by molar-refractivity contribution is -0.134. The third-order valence-corrected chi connectivity index (χ3v) is 5.00. The van der Waals surface area contributed by atoms with Gasteiger partial charge in [0.15, 0.2) is 5.72 Å². The van der Waals surface area contributed by atoms with Crippen LogP contribution in [0.2, 0.25) is 0 Å². The van der Waals surface area contributed by atoms with Gasteiger partial charge in [-0.3, -0.25) is 4.79 Å². The summed E-state index contributed by atoms with van der Waals surface area (Å²) in [5.41, 5.74) is 0.772. The van der Waals surface area contributed by atoms with Gasteiger partial charge in [0, 0.05) is 38.6 Å². The molecule has 0 saturated carbocycles. The van der Waals surface area contributed by atoms with Crippen LogP contribution in [0.4, 0.5) is 0 Å². The first-order valence-electron chi connectivity index (χ1n) is 9.21. The van der Waals surface area contributed by atoms with Crippen molar-refractivity contribution in [2.45, 2.75) is 38.3 Å². The molecule has 2 heterocycles. The zero-order valence-electron chi connectivity index (χ0n) is 15.8. The molecule has 1 N–H and O–H groups in total. The number of unbranched alkanes of at least 4 members (excludes halogenated alkanes) is 1. The molecule has 148 valence electrons. The highest BCUT2D eigenvalue weighted by Crippen LogP contribution is 2.39. The topological polar surface area (TPSA) is 67.9 Å². The Kier molecular flexibility index (Phi) is 7.27. The third kappa shape index (κ3) is 4.45. The fourth-order valence-electron chi connectivity index (χ4n) is 3.54. The Morgan fingerprint density at radius 1 is 1.37 bits per heavy atom. The number of esters is 1. The van der Waals surface area contributed by atoms with Crippen LogP contribution in [0, 0.1) is 0 Å². The zero-order valence-corrected chi connectivity index (χ0v) is 16.6. The average molecular weight is 395 g/mol. The summed E-state index contributed by atoms with van der Waals surface area (Å²) in [7, 11) is 1.33. The first-order valence-corrected chi connectivity index (χ1v) is 9.21. The zero-order chi connectivity index (χ0) is 18.6. The number of hydrogen-bond acceptors (Lipinski definition) is 5. The van der Waals surface area contributed by atoms with E-state index in [-0.39, 0.29) is 18.3 Å². The van der Waals surface area contributed by atoms with E-state index in [0.717, 1.165) is 44.3 Å². The van der Waals surface area contributed by atoms with Gasteiger partial charge in [0.2, 0.25) is 0 Å². The predicted octanol–water partition coefficient (Wildman–Crippen LogP) is 3.01. The van der Waals surface area contributed by atoms with Crippen LogP contribution in [0.15, 0.2) is 24.3 Å². The van der Waals surface area contributed by atoms with E-state index in [0.29, 0.717) is 17.9 Å². The van der Waals surface area contributed by atoms with Crippen molar-refractivity contribution in [1.82, 2.24) is 10.2 Å². The summed E-state index contributed by atoms with van der Waals surface area (Å²) in [4.78, 5) is 26.5. The molecule has 7 heteroatoms. The number of nitrogens with one attached hydrogen (secondary N) is 1. The van der Waals surface area contributed by atoms with Gasteiger partial charge in [0.1, 0.15) is 5.75 Å². The van der Waals surface area contributed by atoms with Crippen LogP contribution in [0.5, 0.6) is 5.75 Å². The maximum absolute atomic E-state index is 13.3. The number of amides is 1. The molecule has 1 saturated heterocycles. The van der Waals surface area contributed by atoms with Gasteiger partial charge in [-0.1, -0.05) is 19.4 Å². The number of hydrogen-bond donors (Lipinski definition) is 1. The molecule has 2 aliphatic heterocycles. The molecule has 1 spiro atoms. The van der Waals surface area contributed by atoms with Gasteiger partial charge in [-0.2, -0.15) is 0 Å². The molecular weight excluding hydrogens is 368 g/mol. The molecule has 1 fully saturated rings. The number of piperidine rings is 1. The van der Waals surface area contributed by atoms with Crippen LogP contribution in [0.25, 0.3) is 6.08 Å². The molecular formula is C20H27ClN2O4. The lowest BCUT2D eigenvalue weighted by Crippen LogP contribution is -2.62. The van der Waals surface area contributed by atoms with Crippen LogP contribution >= 0.6 is 12.4 Å². The highest BCUT2D eigenvalue weighted by molar-refractivity contribution is 5.99. The lowest BCUT2D eigenvalue weighted by Gasteiger charge is -2.49. The molecule has 1 aromatic rings. The Labute approximate surface area is 166 Å². The minimum absolute atomic E-state index is 0. The Bertz CT molecular complexity index is 714. The molecule has 27 heavy (non-hydrogen) atoms. The number of nitrogens with zero attached hydrogens (tertiary/aromatic N) is 1. The van der Waals surface area contributed by atoms with Crippen molar-refractivity contribution in [1.29, 1.82) is 0 Å². The number of methoxy groups -OCH3 is 1. The second kappa shape index (κ2) is 9.24. The molecule has 0 aromatic heterocycles. The number of fused-ring (bicyclic) bond motifs is 1. The Hall–Kier alpha value is -2.05. The van der Waals surface area contributed by atoms with E-state index >= 15 is 0 Å². The SMILES string of the molecule is CCCCN1C(=O)c2cc(/C=C/C(=O)OC)ccc2OC12CCNCC2.Cl. The van der Waals surface area contributed by atoms with E-state index in [1.165, 1.54) is 13.2 Å². The van der Waals surface area contributed by atoms with Crippen LogP contribution in [0.1, 0.15) is 48.5 Å². The van der Waals surface area contributed by atoms with E-state index in [4.69, 9.17) is 4.74 Å². The molecule has 2 aliphatic rings. The summed E-state index contributed by atoms with van der Waals surface area (Å²) in [5.74, 6) is 0.207. The van der Waals surface area contributed by atoms with Gasteiger partial charge >= 0.3 is 5.97 Å². The predicted molar refractivity (Wildman–Crippen MR) is 106 cm³/mol. The fourth-order valence-corrected chi connectivity index (χ4v) is 3.54. The van der Waals surface area contributed by atoms with Crippen molar-refractivity contribution >= 4 is 30.4 Å². The fraction of sp³-hybridized carbons (Fsp3) is 0.500. The minimum atomic E-state index is -0.548. The molecule has 0 radical (unpaired) electrons. The molecule has 3 rings (SSSR count). The van der Waals surface area contributed by atoms with Gasteiger partial charge in [-0.25, -0.2) is 4.79 Å². The smallest absolute Gasteiger partial charge is 0.330 e. The van der Waals surface area contributed by atoms with E-state index in [1.807, 2.05) is 17.0 Å². The lowest BCUT2D eigenvalue weighted by atomic mass is 9.94. The normalized spacial score (nSPS) is 18.0. The van der Waals surface area contributed by atoms with Crippen LogP contribution < -0.4 is 10.1 Å². The Morgan fingerprint density at radius 2 is 2.11 bits per heavy atom. The summed E-state index contributed by atoms with van der Waals surface area (Å²) in [6.45, 7) is 4.49. The molecule has 0 atom stereocenters. The first-order chi connectivity index (χ1) is 12.6. The van der Waals surface area contributed by atoms with E-state index in [2.05, 4.69) is 17.0 Å². The summed E-state index contributed by atoms with van der Waals surface area (Å²) >= 11 is 0. The second-order valence-corrected chi connectivity index (χ2v) is 6.72. The minimum Gasteiger partial charge on any atom is -0.467 e. The van der Waals surface area contributed by atoms with Gasteiger partial charge < -0.3 is 19.7 Å². The summed E-state index contributed by atoms with van der Waals surface area (Å²) in [5, 5.41) is 3.34. The Balaban J connectivity index is 0.00000261. The second-order valence-electron chi connectivity index (χ2n) is 6.72. The number of carbonyl (C=O) groups is 2. The number of carbonyl (C=O) groups excluding carboxylic acids is 2. The summed E-state index contributed by atoms with van der Waals surface area (Å²) in [6.07, 6.45) is 6.52. The summed E-state index contributed by atoms with van der Waals surface area (Å²) < 4.78 is 11.0. The van der Waals surface area contributed by atoms with Crippen molar-refractivity contribution in [2.75, 3.05) is 26.7 Å². The standard InChI is InChI=1S/C20H26N2O4.ClH/c1-3-4-13-22-19(24)16-14-15(6-8-18(23)25-2)5-7-17(16)26-20(22)9-11-21-12-10-20;/h5-8,14,21H,3-4,9-13H2,1-2H3;1H/b8-6+;. The monoisotopic (exact) mass is 394 g/mol. The quantitative estimate of drug-likeness (QED) is 0.614. The van der Waals surface area contributed by atoms with Crippen molar-refractivity contribution in [3.63, 3.8) is 0 Å². The van der Waals surface area contributed by atoms with E-state index in [9.17, 15) is 9.59 Å². The van der Waals surface area contributed by atoms with Crippen LogP contribution in [-0.2, 0) is 9.53 Å². The van der Waals surface area contributed by atoms with Crippen molar-refractivity contribution < 1.29 is 19.1 Å². The van der Waals surface area contributed by atoms with Gasteiger partial charge in [-0.05, 0) is 30.2 Å². The average Bonchev–Trinajstić information content (AvgIpc) is 2.67. The maximum atomic E-state index is 13.3. The Morgan fingerprint density at radius 3 is 2.78 bits per heavy atom. The molecule has 0 bridgehead atoms. The number of ether oxygens (including phenoxy) is 2. The molecule has 6 nitrogen and oxygen atoms in total. The summed E-state index contributed by atoms with van der Waals surface area (Å²) in [6, 6.07) is 5.46. The van der Waals surface area contributed by atoms with Crippen molar-refractivity contribution in [2.24, 2.45) is 0 Å². The first kappa shape index (κ1) is 21.3. The highest BCUT2D eigenvalue weighted by Gasteiger charge is 2.47. The number of halogens is 1. The third-order valence-electron chi connectivity index (χ3n) is 5.00. The van der Waals surface area contributed by atoms with E-state index < -0.39 is 11.7 Å². The van der Waals surface area contributed by atoms with Crippen molar-refractivity contribution in [3.8, 4) is 5.75 Å². The van der Waals surface area contributed by atoms with E-state index in [1.54, 1.807) is 12.1 Å². The molecule has 0 unspecified atom stereocenters. The largest absolute Gasteiger partial charge is 0.467 e. The van der Waals surface area contributed by atoms with Gasteiger partial charge in [0.25, 0.3) is 5.91 Å². The van der Waals surface area contributed by atoms with Crippen LogP contribution in [-0.4, -0.2) is 49.2 Å². The highest BCUT2D eigenvalue weighted by atomic mass is 35.5. The molecule has 0 aliphatic carbocycles. The maximum Gasteiger partial charge on any atom is 0.330 e.